The van der Waals surface area contributed by atoms with Gasteiger partial charge in [0.2, 0.25) is 11.8 Å². The number of benzene rings is 1. The van der Waals surface area contributed by atoms with Gasteiger partial charge in [-0.2, -0.15) is 4.98 Å². The number of rotatable bonds is 7. The van der Waals surface area contributed by atoms with Crippen LogP contribution in [0.25, 0.3) is 0 Å². The van der Waals surface area contributed by atoms with Gasteiger partial charge in [-0.3, -0.25) is 9.69 Å². The van der Waals surface area contributed by atoms with E-state index in [1.165, 1.54) is 0 Å². The van der Waals surface area contributed by atoms with Crippen LogP contribution in [0.2, 0.25) is 5.02 Å². The van der Waals surface area contributed by atoms with Crippen LogP contribution in [0.5, 0.6) is 0 Å². The zero-order valence-electron chi connectivity index (χ0n) is 15.1. The van der Waals surface area contributed by atoms with E-state index in [2.05, 4.69) is 20.4 Å². The fraction of sp³-hybridized carbons (Fsp3) is 0.526. The number of carbonyl (C=O) groups is 1. The maximum Gasteiger partial charge on any atom is 0.240 e. The molecular formula is C19H25ClN4O2. The van der Waals surface area contributed by atoms with E-state index < -0.39 is 0 Å². The van der Waals surface area contributed by atoms with Crippen LogP contribution < -0.4 is 5.32 Å². The third-order valence-electron chi connectivity index (χ3n) is 4.75. The van der Waals surface area contributed by atoms with Gasteiger partial charge in [-0.25, -0.2) is 0 Å². The Balaban J connectivity index is 1.39. The first-order valence-electron chi connectivity index (χ1n) is 9.12. The first kappa shape index (κ1) is 18.9. The molecule has 1 saturated heterocycles. The Morgan fingerprint density at radius 2 is 2.27 bits per heavy atom. The van der Waals surface area contributed by atoms with Crippen molar-refractivity contribution < 1.29 is 9.32 Å². The summed E-state index contributed by atoms with van der Waals surface area (Å²) in [6.07, 6.45) is 3.74. The topological polar surface area (TPSA) is 71.3 Å². The monoisotopic (exact) mass is 376 g/mol. The first-order valence-corrected chi connectivity index (χ1v) is 9.49. The second kappa shape index (κ2) is 9.14. The maximum absolute atomic E-state index is 12.1. The molecule has 3 rings (SSSR count). The summed E-state index contributed by atoms with van der Waals surface area (Å²) in [6.45, 7) is 5.00. The highest BCUT2D eigenvalue weighted by molar-refractivity contribution is 6.31. The number of halogens is 1. The summed E-state index contributed by atoms with van der Waals surface area (Å²) in [4.78, 5) is 18.8. The fourth-order valence-electron chi connectivity index (χ4n) is 3.39. The van der Waals surface area contributed by atoms with Crippen LogP contribution in [-0.4, -0.2) is 34.0 Å². The summed E-state index contributed by atoms with van der Waals surface area (Å²) < 4.78 is 5.21. The number of nitrogens with zero attached hydrogens (tertiary/aromatic N) is 3. The first-order chi connectivity index (χ1) is 12.6. The van der Waals surface area contributed by atoms with E-state index in [1.807, 2.05) is 31.2 Å². The summed E-state index contributed by atoms with van der Waals surface area (Å²) >= 11 is 6.12. The van der Waals surface area contributed by atoms with Crippen LogP contribution in [0, 0.1) is 12.8 Å². The summed E-state index contributed by atoms with van der Waals surface area (Å²) in [6, 6.07) is 7.58. The van der Waals surface area contributed by atoms with Crippen LogP contribution in [0.3, 0.4) is 0 Å². The molecule has 0 spiro atoms. The Hall–Kier alpha value is -1.92. The summed E-state index contributed by atoms with van der Waals surface area (Å²) in [5, 5.41) is 7.49. The lowest BCUT2D eigenvalue weighted by molar-refractivity contribution is -0.121. The highest BCUT2D eigenvalue weighted by atomic mass is 35.5. The molecule has 1 amide bonds. The molecule has 1 aromatic carbocycles. The highest BCUT2D eigenvalue weighted by Gasteiger charge is 2.22. The van der Waals surface area contributed by atoms with Crippen molar-refractivity contribution in [2.45, 2.75) is 45.7 Å². The zero-order valence-corrected chi connectivity index (χ0v) is 15.8. The molecule has 1 aromatic heterocycles. The van der Waals surface area contributed by atoms with Gasteiger partial charge in [0.25, 0.3) is 0 Å². The number of hydrogen-bond acceptors (Lipinski definition) is 5. The molecule has 140 valence electrons. The van der Waals surface area contributed by atoms with Gasteiger partial charge in [0, 0.05) is 24.5 Å². The summed E-state index contributed by atoms with van der Waals surface area (Å²) in [5.74, 6) is 1.94. The molecule has 1 atom stereocenters. The lowest BCUT2D eigenvalue weighted by atomic mass is 9.93. The molecule has 0 saturated carbocycles. The number of piperidine rings is 1. The van der Waals surface area contributed by atoms with Gasteiger partial charge in [0.15, 0.2) is 5.82 Å². The zero-order chi connectivity index (χ0) is 18.4. The number of nitrogens with one attached hydrogen (secondary N) is 1. The number of aryl methyl sites for hydroxylation is 1. The Morgan fingerprint density at radius 1 is 1.42 bits per heavy atom. The minimum atomic E-state index is 0.0783. The second-order valence-corrected chi connectivity index (χ2v) is 7.29. The molecule has 6 nitrogen and oxygen atoms in total. The van der Waals surface area contributed by atoms with Crippen molar-refractivity contribution in [1.82, 2.24) is 20.4 Å². The SMILES string of the molecule is Cc1noc(CN2CCC[C@@H](CCC(=O)NCc3ccccc3Cl)C2)n1. The van der Waals surface area contributed by atoms with E-state index in [9.17, 15) is 4.79 Å². The molecule has 0 unspecified atom stereocenters. The molecule has 0 bridgehead atoms. The van der Waals surface area contributed by atoms with Crippen molar-refractivity contribution in [2.24, 2.45) is 5.92 Å². The standard InChI is InChI=1S/C19H25ClN4O2/c1-14-22-19(26-23-14)13-24-10-4-5-15(12-24)8-9-18(25)21-11-16-6-2-3-7-17(16)20/h2-3,6-7,15H,4-5,8-13H2,1H3,(H,21,25)/t15-/m0/s1. The van der Waals surface area contributed by atoms with Crippen molar-refractivity contribution >= 4 is 17.5 Å². The highest BCUT2D eigenvalue weighted by Crippen LogP contribution is 2.22. The van der Waals surface area contributed by atoms with E-state index >= 15 is 0 Å². The molecular weight excluding hydrogens is 352 g/mol. The molecule has 1 aliphatic heterocycles. The molecule has 7 heteroatoms. The number of hydrogen-bond donors (Lipinski definition) is 1. The van der Waals surface area contributed by atoms with Crippen LogP contribution in [-0.2, 0) is 17.9 Å². The minimum Gasteiger partial charge on any atom is -0.352 e. The van der Waals surface area contributed by atoms with Crippen LogP contribution >= 0.6 is 11.6 Å². The van der Waals surface area contributed by atoms with E-state index in [0.29, 0.717) is 42.2 Å². The van der Waals surface area contributed by atoms with Crippen LogP contribution in [0.1, 0.15) is 43.0 Å². The average Bonchev–Trinajstić information content (AvgIpc) is 3.04. The molecule has 0 radical (unpaired) electrons. The third kappa shape index (κ3) is 5.54. The maximum atomic E-state index is 12.1. The van der Waals surface area contributed by atoms with E-state index in [0.717, 1.165) is 37.9 Å². The number of likely N-dealkylation sites (tertiary alicyclic amines) is 1. The smallest absolute Gasteiger partial charge is 0.240 e. The van der Waals surface area contributed by atoms with Crippen molar-refractivity contribution in [3.05, 3.63) is 46.6 Å². The number of aromatic nitrogens is 2. The minimum absolute atomic E-state index is 0.0783. The molecule has 2 aromatic rings. The van der Waals surface area contributed by atoms with Gasteiger partial charge in [0.1, 0.15) is 0 Å². The van der Waals surface area contributed by atoms with Gasteiger partial charge < -0.3 is 9.84 Å². The largest absolute Gasteiger partial charge is 0.352 e. The molecule has 1 fully saturated rings. The van der Waals surface area contributed by atoms with Crippen molar-refractivity contribution in [3.8, 4) is 0 Å². The van der Waals surface area contributed by atoms with Crippen LogP contribution in [0.15, 0.2) is 28.8 Å². The fourth-order valence-corrected chi connectivity index (χ4v) is 3.59. The predicted octanol–water partition coefficient (Wildman–Crippen LogP) is 3.34. The number of carbonyl (C=O) groups excluding carboxylic acids is 1. The molecule has 0 aliphatic carbocycles. The molecule has 26 heavy (non-hydrogen) atoms. The van der Waals surface area contributed by atoms with Gasteiger partial charge in [-0.05, 0) is 50.3 Å². The second-order valence-electron chi connectivity index (χ2n) is 6.89. The predicted molar refractivity (Wildman–Crippen MR) is 99.6 cm³/mol. The summed E-state index contributed by atoms with van der Waals surface area (Å²) in [7, 11) is 0. The lowest BCUT2D eigenvalue weighted by Gasteiger charge is -2.31. The van der Waals surface area contributed by atoms with E-state index in [-0.39, 0.29) is 5.91 Å². The van der Waals surface area contributed by atoms with E-state index in [4.69, 9.17) is 16.1 Å². The van der Waals surface area contributed by atoms with Crippen molar-refractivity contribution in [1.29, 1.82) is 0 Å². The Kier molecular flexibility index (Phi) is 6.63. The van der Waals surface area contributed by atoms with E-state index in [1.54, 1.807) is 0 Å². The molecule has 1 N–H and O–H groups in total. The number of amides is 1. The molecule has 2 heterocycles. The molecule has 1 aliphatic rings. The van der Waals surface area contributed by atoms with Gasteiger partial charge in [-0.15, -0.1) is 0 Å². The van der Waals surface area contributed by atoms with Gasteiger partial charge in [0.05, 0.1) is 6.54 Å². The Morgan fingerprint density at radius 3 is 3.04 bits per heavy atom. The quantitative estimate of drug-likeness (QED) is 0.802. The Bertz CT molecular complexity index is 734. The Labute approximate surface area is 158 Å². The third-order valence-corrected chi connectivity index (χ3v) is 5.11. The lowest BCUT2D eigenvalue weighted by Crippen LogP contribution is -2.35. The summed E-state index contributed by atoms with van der Waals surface area (Å²) in [5.41, 5.74) is 0.946. The van der Waals surface area contributed by atoms with Crippen molar-refractivity contribution in [3.63, 3.8) is 0 Å². The van der Waals surface area contributed by atoms with Gasteiger partial charge >= 0.3 is 0 Å². The van der Waals surface area contributed by atoms with Crippen molar-refractivity contribution in [2.75, 3.05) is 13.1 Å². The van der Waals surface area contributed by atoms with Gasteiger partial charge in [-0.1, -0.05) is 35.0 Å². The van der Waals surface area contributed by atoms with Crippen LogP contribution in [0.4, 0.5) is 0 Å². The average molecular weight is 377 g/mol. The normalized spacial score (nSPS) is 18.0.